The molecule has 0 unspecified atom stereocenters. The molecular formula is C15H23NO4. The molecule has 0 bridgehead atoms. The predicted molar refractivity (Wildman–Crippen MR) is 75.8 cm³/mol. The number of carbonyl (C=O) groups excluding carboxylic acids is 1. The number of amides is 1. The van der Waals surface area contributed by atoms with Gasteiger partial charge in [0.1, 0.15) is 11.8 Å². The second kappa shape index (κ2) is 7.12. The van der Waals surface area contributed by atoms with Gasteiger partial charge >= 0.3 is 5.97 Å². The minimum Gasteiger partial charge on any atom is -0.480 e. The number of carbonyl (C=O) groups is 2. The largest absolute Gasteiger partial charge is 0.480 e. The fraction of sp³-hybridized carbons (Fsp3) is 0.600. The van der Waals surface area contributed by atoms with Gasteiger partial charge in [-0.25, -0.2) is 4.79 Å². The van der Waals surface area contributed by atoms with Gasteiger partial charge in [0.2, 0.25) is 0 Å². The summed E-state index contributed by atoms with van der Waals surface area (Å²) in [6, 6.07) is 0.803. The fourth-order valence-electron chi connectivity index (χ4n) is 2.07. The first-order valence-electron chi connectivity index (χ1n) is 7.09. The zero-order valence-electron chi connectivity index (χ0n) is 12.5. The van der Waals surface area contributed by atoms with E-state index in [0.29, 0.717) is 12.8 Å². The topological polar surface area (TPSA) is 79.5 Å². The van der Waals surface area contributed by atoms with Crippen LogP contribution in [0, 0.1) is 5.92 Å². The fourth-order valence-corrected chi connectivity index (χ4v) is 2.07. The number of hydrogen-bond acceptors (Lipinski definition) is 3. The Balaban J connectivity index is 2.89. The Morgan fingerprint density at radius 3 is 2.35 bits per heavy atom. The Kier molecular flexibility index (Phi) is 5.80. The second-order valence-electron chi connectivity index (χ2n) is 4.94. The molecule has 112 valence electrons. The summed E-state index contributed by atoms with van der Waals surface area (Å²) < 4.78 is 5.51. The first kappa shape index (κ1) is 16.3. The summed E-state index contributed by atoms with van der Waals surface area (Å²) in [4.78, 5) is 23.3. The Hall–Kier alpha value is -1.78. The first-order chi connectivity index (χ1) is 9.44. The van der Waals surface area contributed by atoms with Crippen LogP contribution >= 0.6 is 0 Å². The molecule has 5 heteroatoms. The lowest BCUT2D eigenvalue weighted by atomic mass is 9.99. The van der Waals surface area contributed by atoms with Gasteiger partial charge in [-0.1, -0.05) is 34.1 Å². The van der Waals surface area contributed by atoms with Gasteiger partial charge in [0.05, 0.1) is 0 Å². The van der Waals surface area contributed by atoms with E-state index in [1.165, 1.54) is 0 Å². The summed E-state index contributed by atoms with van der Waals surface area (Å²) >= 11 is 0. The molecule has 0 aliphatic heterocycles. The smallest absolute Gasteiger partial charge is 0.326 e. The highest BCUT2D eigenvalue weighted by Crippen LogP contribution is 2.18. The van der Waals surface area contributed by atoms with Gasteiger partial charge in [0, 0.05) is 6.42 Å². The molecule has 1 rings (SSSR count). The number of nitrogens with one attached hydrogen (secondary N) is 1. The summed E-state index contributed by atoms with van der Waals surface area (Å²) in [5, 5.41) is 11.7. The molecule has 0 radical (unpaired) electrons. The number of carboxylic acid groups (broad SMARTS) is 1. The monoisotopic (exact) mass is 281 g/mol. The lowest BCUT2D eigenvalue weighted by Crippen LogP contribution is -2.44. The van der Waals surface area contributed by atoms with E-state index in [9.17, 15) is 14.7 Å². The third kappa shape index (κ3) is 3.62. The van der Waals surface area contributed by atoms with Crippen LogP contribution < -0.4 is 5.32 Å². The van der Waals surface area contributed by atoms with Crippen molar-refractivity contribution in [2.45, 2.75) is 53.0 Å². The van der Waals surface area contributed by atoms with Gasteiger partial charge in [-0.2, -0.15) is 0 Å². The molecule has 2 atom stereocenters. The Morgan fingerprint density at radius 2 is 1.95 bits per heavy atom. The average molecular weight is 281 g/mol. The number of carboxylic acids is 1. The molecule has 0 aliphatic carbocycles. The zero-order chi connectivity index (χ0) is 15.3. The summed E-state index contributed by atoms with van der Waals surface area (Å²) in [6.45, 7) is 7.64. The summed E-state index contributed by atoms with van der Waals surface area (Å²) in [5.74, 6) is -0.651. The number of hydrogen-bond donors (Lipinski definition) is 2. The third-order valence-corrected chi connectivity index (χ3v) is 3.59. The van der Waals surface area contributed by atoms with E-state index in [1.54, 1.807) is 13.0 Å². The van der Waals surface area contributed by atoms with Crippen LogP contribution in [0.5, 0.6) is 0 Å². The molecule has 1 aromatic rings. The quantitative estimate of drug-likeness (QED) is 0.805. The molecule has 0 saturated carbocycles. The standard InChI is InChI=1S/C15H23NO4/c1-5-9(4)13(15(18)19)16-14(17)12-8-10(6-2)11(7-3)20-12/h8-9,13H,5-7H2,1-4H3,(H,16,17)(H,18,19)/t9-,13-/m0/s1. The lowest BCUT2D eigenvalue weighted by Gasteiger charge is -2.19. The number of rotatable bonds is 7. The van der Waals surface area contributed by atoms with E-state index in [-0.39, 0.29) is 11.7 Å². The molecule has 1 amide bonds. The van der Waals surface area contributed by atoms with Crippen molar-refractivity contribution in [1.82, 2.24) is 5.32 Å². The van der Waals surface area contributed by atoms with Crippen molar-refractivity contribution in [2.75, 3.05) is 0 Å². The molecule has 1 aromatic heterocycles. The van der Waals surface area contributed by atoms with Crippen LogP contribution in [0.3, 0.4) is 0 Å². The van der Waals surface area contributed by atoms with E-state index in [0.717, 1.165) is 17.7 Å². The van der Waals surface area contributed by atoms with Crippen molar-refractivity contribution in [3.8, 4) is 0 Å². The van der Waals surface area contributed by atoms with E-state index >= 15 is 0 Å². The Labute approximate surface area is 119 Å². The van der Waals surface area contributed by atoms with E-state index < -0.39 is 17.9 Å². The normalized spacial score (nSPS) is 13.8. The third-order valence-electron chi connectivity index (χ3n) is 3.59. The molecule has 1 heterocycles. The number of furan rings is 1. The maximum Gasteiger partial charge on any atom is 0.326 e. The van der Waals surface area contributed by atoms with Gasteiger partial charge < -0.3 is 14.8 Å². The molecule has 0 aromatic carbocycles. The van der Waals surface area contributed by atoms with Crippen molar-refractivity contribution < 1.29 is 19.1 Å². The lowest BCUT2D eigenvalue weighted by molar-refractivity contribution is -0.140. The zero-order valence-corrected chi connectivity index (χ0v) is 12.5. The minimum atomic E-state index is -1.02. The molecular weight excluding hydrogens is 258 g/mol. The van der Waals surface area contributed by atoms with Gasteiger partial charge in [-0.05, 0) is 24.0 Å². The molecule has 0 spiro atoms. The highest BCUT2D eigenvalue weighted by Gasteiger charge is 2.27. The summed E-state index contributed by atoms with van der Waals surface area (Å²) in [6.07, 6.45) is 2.17. The van der Waals surface area contributed by atoms with Crippen molar-refractivity contribution >= 4 is 11.9 Å². The van der Waals surface area contributed by atoms with Crippen molar-refractivity contribution in [3.05, 3.63) is 23.2 Å². The van der Waals surface area contributed by atoms with Gasteiger partial charge in [-0.15, -0.1) is 0 Å². The van der Waals surface area contributed by atoms with E-state index in [4.69, 9.17) is 4.42 Å². The number of aliphatic carboxylic acids is 1. The van der Waals surface area contributed by atoms with Crippen LogP contribution in [-0.2, 0) is 17.6 Å². The van der Waals surface area contributed by atoms with Gasteiger partial charge in [-0.3, -0.25) is 4.79 Å². The van der Waals surface area contributed by atoms with Crippen LogP contribution in [0.1, 0.15) is 56.0 Å². The Morgan fingerprint density at radius 1 is 1.30 bits per heavy atom. The maximum atomic E-state index is 12.1. The number of aryl methyl sites for hydroxylation is 2. The average Bonchev–Trinajstić information content (AvgIpc) is 2.86. The highest BCUT2D eigenvalue weighted by molar-refractivity contribution is 5.94. The van der Waals surface area contributed by atoms with Crippen molar-refractivity contribution in [2.24, 2.45) is 5.92 Å². The van der Waals surface area contributed by atoms with Crippen LogP contribution in [0.25, 0.3) is 0 Å². The predicted octanol–water partition coefficient (Wildman–Crippen LogP) is 2.63. The molecule has 0 fully saturated rings. The minimum absolute atomic E-state index is 0.136. The van der Waals surface area contributed by atoms with Gasteiger partial charge in [0.15, 0.2) is 5.76 Å². The second-order valence-corrected chi connectivity index (χ2v) is 4.94. The SMILES string of the molecule is CCc1cc(C(=O)N[C@H](C(=O)O)[C@@H](C)CC)oc1CC. The summed E-state index contributed by atoms with van der Waals surface area (Å²) in [5.41, 5.74) is 0.994. The van der Waals surface area contributed by atoms with Crippen LogP contribution in [0.15, 0.2) is 10.5 Å². The highest BCUT2D eigenvalue weighted by atomic mass is 16.4. The van der Waals surface area contributed by atoms with Crippen LogP contribution in [0.4, 0.5) is 0 Å². The van der Waals surface area contributed by atoms with Crippen molar-refractivity contribution in [3.63, 3.8) is 0 Å². The molecule has 20 heavy (non-hydrogen) atoms. The van der Waals surface area contributed by atoms with Crippen LogP contribution in [-0.4, -0.2) is 23.0 Å². The maximum absolute atomic E-state index is 12.1. The van der Waals surface area contributed by atoms with Gasteiger partial charge in [0.25, 0.3) is 5.91 Å². The first-order valence-corrected chi connectivity index (χ1v) is 7.09. The molecule has 5 nitrogen and oxygen atoms in total. The Bertz CT molecular complexity index is 457. The molecule has 0 aliphatic rings. The molecule has 0 saturated heterocycles. The van der Waals surface area contributed by atoms with Crippen LogP contribution in [0.2, 0.25) is 0 Å². The van der Waals surface area contributed by atoms with E-state index in [1.807, 2.05) is 20.8 Å². The summed E-state index contributed by atoms with van der Waals surface area (Å²) in [7, 11) is 0. The van der Waals surface area contributed by atoms with E-state index in [2.05, 4.69) is 5.32 Å². The molecule has 2 N–H and O–H groups in total. The van der Waals surface area contributed by atoms with Crippen molar-refractivity contribution in [1.29, 1.82) is 0 Å².